The van der Waals surface area contributed by atoms with Crippen molar-refractivity contribution in [2.24, 2.45) is 4.99 Å². The molecule has 2 aromatic rings. The third kappa shape index (κ3) is 5.85. The van der Waals surface area contributed by atoms with Crippen LogP contribution in [0.5, 0.6) is 5.75 Å². The van der Waals surface area contributed by atoms with Crippen molar-refractivity contribution in [3.63, 3.8) is 0 Å². The highest BCUT2D eigenvalue weighted by Crippen LogP contribution is 2.39. The largest absolute Gasteiger partial charge is 0.487 e. The molecule has 1 aliphatic heterocycles. The van der Waals surface area contributed by atoms with E-state index in [-0.39, 0.29) is 35.6 Å². The van der Waals surface area contributed by atoms with Gasteiger partial charge in [-0.05, 0) is 39.3 Å². The first-order chi connectivity index (χ1) is 12.5. The number of hydrogen-bond donors (Lipinski definition) is 2. The maximum Gasteiger partial charge on any atom is 0.191 e. The lowest BCUT2D eigenvalue weighted by atomic mass is 9.90. The summed E-state index contributed by atoms with van der Waals surface area (Å²) in [6.07, 6.45) is 4.79. The van der Waals surface area contributed by atoms with Gasteiger partial charge in [0.1, 0.15) is 11.4 Å². The molecule has 0 radical (unpaired) electrons. The van der Waals surface area contributed by atoms with Crippen LogP contribution in [0.4, 0.5) is 0 Å². The van der Waals surface area contributed by atoms with E-state index in [1.54, 1.807) is 0 Å². The molecule has 27 heavy (non-hydrogen) atoms. The van der Waals surface area contributed by atoms with Gasteiger partial charge in [0.15, 0.2) is 5.96 Å². The van der Waals surface area contributed by atoms with Crippen molar-refractivity contribution < 1.29 is 4.74 Å². The third-order valence-electron chi connectivity index (χ3n) is 4.39. The first kappa shape index (κ1) is 21.5. The van der Waals surface area contributed by atoms with Crippen LogP contribution in [0.2, 0.25) is 0 Å². The number of fused-ring (bicyclic) bond motifs is 1. The average Bonchev–Trinajstić information content (AvgIpc) is 2.99. The molecule has 1 aliphatic rings. The second-order valence-electron chi connectivity index (χ2n) is 7.34. The van der Waals surface area contributed by atoms with Crippen LogP contribution in [0.25, 0.3) is 0 Å². The molecule has 1 unspecified atom stereocenters. The van der Waals surface area contributed by atoms with E-state index in [0.717, 1.165) is 31.2 Å². The highest BCUT2D eigenvalue weighted by atomic mass is 127. The highest BCUT2D eigenvalue weighted by Gasteiger charge is 2.33. The summed E-state index contributed by atoms with van der Waals surface area (Å²) >= 11 is 0. The summed E-state index contributed by atoms with van der Waals surface area (Å²) in [7, 11) is 0. The maximum atomic E-state index is 6.12. The van der Waals surface area contributed by atoms with E-state index >= 15 is 0 Å². The molecule has 1 aromatic heterocycles. The quantitative estimate of drug-likeness (QED) is 0.387. The molecule has 2 heterocycles. The molecule has 0 saturated heterocycles. The Balaban J connectivity index is 0.00000261. The smallest absolute Gasteiger partial charge is 0.191 e. The number of nitrogens with zero attached hydrogens (tertiary/aromatic N) is 3. The Labute approximate surface area is 178 Å². The first-order valence-electron chi connectivity index (χ1n) is 9.29. The minimum atomic E-state index is -0.212. The molecule has 7 heteroatoms. The van der Waals surface area contributed by atoms with E-state index in [0.29, 0.717) is 6.54 Å². The Hall–Kier alpha value is -1.77. The molecule has 0 bridgehead atoms. The van der Waals surface area contributed by atoms with Crippen molar-refractivity contribution in [1.29, 1.82) is 0 Å². The molecule has 1 atom stereocenters. The summed E-state index contributed by atoms with van der Waals surface area (Å²) in [5.41, 5.74) is 2.14. The number of hydrogen-bond acceptors (Lipinski definition) is 3. The Morgan fingerprint density at radius 2 is 2.15 bits per heavy atom. The second kappa shape index (κ2) is 9.43. The normalized spacial score (nSPS) is 18.1. The van der Waals surface area contributed by atoms with Crippen molar-refractivity contribution in [3.05, 3.63) is 47.8 Å². The van der Waals surface area contributed by atoms with Crippen LogP contribution in [-0.4, -0.2) is 34.4 Å². The van der Waals surface area contributed by atoms with Gasteiger partial charge in [-0.15, -0.1) is 24.0 Å². The van der Waals surface area contributed by atoms with Crippen LogP contribution in [0.1, 0.15) is 44.4 Å². The van der Waals surface area contributed by atoms with Crippen molar-refractivity contribution in [2.45, 2.75) is 52.3 Å². The van der Waals surface area contributed by atoms with Crippen LogP contribution >= 0.6 is 24.0 Å². The maximum absolute atomic E-state index is 6.12. The van der Waals surface area contributed by atoms with Gasteiger partial charge in [-0.2, -0.15) is 5.10 Å². The number of guanidine groups is 1. The van der Waals surface area contributed by atoms with Crippen molar-refractivity contribution in [1.82, 2.24) is 20.4 Å². The SMILES string of the molecule is CCNC(=NCCn1cc(C)cn1)NC1CC(C)(C)Oc2ccccc21.I. The molecule has 1 aromatic carbocycles. The van der Waals surface area contributed by atoms with Gasteiger partial charge in [0.05, 0.1) is 25.3 Å². The lowest BCUT2D eigenvalue weighted by molar-refractivity contribution is 0.0694. The summed E-state index contributed by atoms with van der Waals surface area (Å²) in [6.45, 7) is 10.6. The number of aromatic nitrogens is 2. The fourth-order valence-corrected chi connectivity index (χ4v) is 3.27. The Morgan fingerprint density at radius 3 is 2.85 bits per heavy atom. The zero-order chi connectivity index (χ0) is 18.6. The van der Waals surface area contributed by atoms with Gasteiger partial charge in [-0.1, -0.05) is 18.2 Å². The van der Waals surface area contributed by atoms with Crippen LogP contribution in [0.3, 0.4) is 0 Å². The lowest BCUT2D eigenvalue weighted by Crippen LogP contribution is -2.45. The van der Waals surface area contributed by atoms with Gasteiger partial charge in [0.25, 0.3) is 0 Å². The molecule has 0 spiro atoms. The highest BCUT2D eigenvalue weighted by molar-refractivity contribution is 14.0. The summed E-state index contributed by atoms with van der Waals surface area (Å²) in [5, 5.41) is 11.3. The predicted octanol–water partition coefficient (Wildman–Crippen LogP) is 3.67. The number of aliphatic imine (C=N–C) groups is 1. The van der Waals surface area contributed by atoms with Crippen LogP contribution in [0, 0.1) is 6.92 Å². The molecule has 2 N–H and O–H groups in total. The Morgan fingerprint density at radius 1 is 1.37 bits per heavy atom. The van der Waals surface area contributed by atoms with E-state index in [9.17, 15) is 0 Å². The van der Waals surface area contributed by atoms with E-state index in [1.165, 1.54) is 11.1 Å². The molecule has 0 aliphatic carbocycles. The number of para-hydroxylation sites is 1. The molecule has 0 amide bonds. The molecule has 0 fully saturated rings. The first-order valence-corrected chi connectivity index (χ1v) is 9.29. The van der Waals surface area contributed by atoms with Crippen LogP contribution in [-0.2, 0) is 6.54 Å². The summed E-state index contributed by atoms with van der Waals surface area (Å²) in [4.78, 5) is 4.73. The summed E-state index contributed by atoms with van der Waals surface area (Å²) in [5.74, 6) is 1.78. The van der Waals surface area contributed by atoms with Crippen molar-refractivity contribution in [2.75, 3.05) is 13.1 Å². The van der Waals surface area contributed by atoms with Crippen LogP contribution < -0.4 is 15.4 Å². The zero-order valence-electron chi connectivity index (χ0n) is 16.5. The molecule has 3 rings (SSSR count). The molecule has 148 valence electrons. The van der Waals surface area contributed by atoms with Gasteiger partial charge in [0, 0.05) is 24.7 Å². The van der Waals surface area contributed by atoms with Crippen LogP contribution in [0.15, 0.2) is 41.7 Å². The van der Waals surface area contributed by atoms with Crippen molar-refractivity contribution >= 4 is 29.9 Å². The average molecular weight is 483 g/mol. The van der Waals surface area contributed by atoms with Gasteiger partial charge < -0.3 is 15.4 Å². The minimum Gasteiger partial charge on any atom is -0.487 e. The number of aryl methyl sites for hydroxylation is 1. The number of ether oxygens (including phenoxy) is 1. The van der Waals surface area contributed by atoms with Gasteiger partial charge in [-0.25, -0.2) is 0 Å². The molecular weight excluding hydrogens is 453 g/mol. The number of nitrogens with one attached hydrogen (secondary N) is 2. The van der Waals surface area contributed by atoms with E-state index < -0.39 is 0 Å². The van der Waals surface area contributed by atoms with E-state index in [2.05, 4.69) is 48.6 Å². The standard InChI is InChI=1S/C20H29N5O.HI/c1-5-21-19(22-10-11-25-14-15(2)13-23-25)24-17-12-20(3,4)26-18-9-7-6-8-16(17)18;/h6-9,13-14,17H,5,10-12H2,1-4H3,(H2,21,22,24);1H. The van der Waals surface area contributed by atoms with Gasteiger partial charge in [0.2, 0.25) is 0 Å². The van der Waals surface area contributed by atoms with Gasteiger partial charge >= 0.3 is 0 Å². The summed E-state index contributed by atoms with van der Waals surface area (Å²) in [6, 6.07) is 8.40. The molecular formula is C20H30IN5O. The van der Waals surface area contributed by atoms with Gasteiger partial charge in [-0.3, -0.25) is 9.67 Å². The van der Waals surface area contributed by atoms with E-state index in [1.807, 2.05) is 36.1 Å². The number of halogens is 1. The topological polar surface area (TPSA) is 63.5 Å². The monoisotopic (exact) mass is 483 g/mol. The molecule has 6 nitrogen and oxygen atoms in total. The lowest BCUT2D eigenvalue weighted by Gasteiger charge is -2.38. The number of rotatable bonds is 5. The third-order valence-corrected chi connectivity index (χ3v) is 4.39. The Kier molecular flexibility index (Phi) is 7.52. The fraction of sp³-hybridized carbons (Fsp3) is 0.500. The minimum absolute atomic E-state index is 0. The summed E-state index contributed by atoms with van der Waals surface area (Å²) < 4.78 is 8.05. The van der Waals surface area contributed by atoms with Crippen molar-refractivity contribution in [3.8, 4) is 5.75 Å². The number of benzene rings is 1. The predicted molar refractivity (Wildman–Crippen MR) is 120 cm³/mol. The zero-order valence-corrected chi connectivity index (χ0v) is 18.9. The van der Waals surface area contributed by atoms with E-state index in [4.69, 9.17) is 9.73 Å². The Bertz CT molecular complexity index is 771. The second-order valence-corrected chi connectivity index (χ2v) is 7.34. The molecule has 0 saturated carbocycles. The fourth-order valence-electron chi connectivity index (χ4n) is 3.27.